The molecule has 140 valence electrons. The molecule has 0 saturated carbocycles. The fourth-order valence-electron chi connectivity index (χ4n) is 2.84. The van der Waals surface area contributed by atoms with Gasteiger partial charge in [0.1, 0.15) is 5.69 Å². The second-order valence-electron chi connectivity index (χ2n) is 6.16. The summed E-state index contributed by atoms with van der Waals surface area (Å²) >= 11 is 0. The van der Waals surface area contributed by atoms with Gasteiger partial charge in [-0.25, -0.2) is 0 Å². The van der Waals surface area contributed by atoms with Gasteiger partial charge >= 0.3 is 0 Å². The molecule has 0 saturated heterocycles. The van der Waals surface area contributed by atoms with Gasteiger partial charge in [0, 0.05) is 12.6 Å². The Morgan fingerprint density at radius 2 is 2.11 bits per heavy atom. The molecule has 0 fully saturated rings. The van der Waals surface area contributed by atoms with Crippen LogP contribution in [-0.4, -0.2) is 32.6 Å². The highest BCUT2D eigenvalue weighted by atomic mass is 16.7. The van der Waals surface area contributed by atoms with Crippen LogP contribution >= 0.6 is 0 Å². The fourth-order valence-corrected chi connectivity index (χ4v) is 2.84. The summed E-state index contributed by atoms with van der Waals surface area (Å²) in [5.41, 5.74) is 2.12. The summed E-state index contributed by atoms with van der Waals surface area (Å²) in [6.45, 7) is 2.43. The molecule has 27 heavy (non-hydrogen) atoms. The maximum absolute atomic E-state index is 12.4. The molecule has 0 bridgehead atoms. The molecule has 1 N–H and O–H groups in total. The Labute approximate surface area is 155 Å². The molecule has 1 aromatic carbocycles. The number of carbonyl (C=O) groups excluding carboxylic acids is 1. The molecule has 1 aliphatic rings. The normalized spacial score (nSPS) is 12.4. The van der Waals surface area contributed by atoms with Crippen LogP contribution in [0.25, 0.3) is 11.5 Å². The van der Waals surface area contributed by atoms with Crippen molar-refractivity contribution in [3.05, 3.63) is 41.5 Å². The molecular formula is C18H19N5O4. The molecule has 0 atom stereocenters. The number of rotatable bonds is 6. The van der Waals surface area contributed by atoms with Crippen molar-refractivity contribution < 1.29 is 18.8 Å². The van der Waals surface area contributed by atoms with Gasteiger partial charge in [-0.3, -0.25) is 9.48 Å². The zero-order valence-corrected chi connectivity index (χ0v) is 15.1. The van der Waals surface area contributed by atoms with E-state index < -0.39 is 0 Å². The Hall–Kier alpha value is -3.36. The Morgan fingerprint density at radius 3 is 2.96 bits per heavy atom. The van der Waals surface area contributed by atoms with Crippen LogP contribution < -0.4 is 14.8 Å². The maximum Gasteiger partial charge on any atom is 0.269 e. The SMILES string of the molecule is CCCc1cc(C(=O)NCc2noc(-c3ccc4c(c3)OCO4)n2)n(C)n1. The first-order valence-electron chi connectivity index (χ1n) is 8.67. The summed E-state index contributed by atoms with van der Waals surface area (Å²) < 4.78 is 17.5. The van der Waals surface area contributed by atoms with E-state index in [4.69, 9.17) is 14.0 Å². The van der Waals surface area contributed by atoms with E-state index in [0.29, 0.717) is 28.9 Å². The first-order valence-corrected chi connectivity index (χ1v) is 8.67. The highest BCUT2D eigenvalue weighted by molar-refractivity contribution is 5.92. The lowest BCUT2D eigenvalue weighted by molar-refractivity contribution is 0.0940. The monoisotopic (exact) mass is 369 g/mol. The van der Waals surface area contributed by atoms with Gasteiger partial charge < -0.3 is 19.3 Å². The molecule has 1 amide bonds. The van der Waals surface area contributed by atoms with Crippen molar-refractivity contribution >= 4 is 5.91 Å². The van der Waals surface area contributed by atoms with Crippen LogP contribution in [0.3, 0.4) is 0 Å². The van der Waals surface area contributed by atoms with E-state index >= 15 is 0 Å². The van der Waals surface area contributed by atoms with Crippen molar-refractivity contribution in [2.75, 3.05) is 6.79 Å². The van der Waals surface area contributed by atoms with Crippen LogP contribution in [-0.2, 0) is 20.0 Å². The first kappa shape index (κ1) is 17.1. The number of nitrogens with zero attached hydrogens (tertiary/aromatic N) is 4. The lowest BCUT2D eigenvalue weighted by Crippen LogP contribution is -2.25. The quantitative estimate of drug-likeness (QED) is 0.709. The van der Waals surface area contributed by atoms with E-state index in [0.717, 1.165) is 24.1 Å². The van der Waals surface area contributed by atoms with Gasteiger partial charge in [-0.1, -0.05) is 18.5 Å². The predicted molar refractivity (Wildman–Crippen MR) is 94.2 cm³/mol. The van der Waals surface area contributed by atoms with E-state index in [1.54, 1.807) is 29.9 Å². The van der Waals surface area contributed by atoms with E-state index in [9.17, 15) is 4.79 Å². The van der Waals surface area contributed by atoms with Crippen LogP contribution in [0.15, 0.2) is 28.8 Å². The fraction of sp³-hybridized carbons (Fsp3) is 0.333. The largest absolute Gasteiger partial charge is 0.454 e. The zero-order valence-electron chi connectivity index (χ0n) is 15.1. The number of nitrogens with one attached hydrogen (secondary N) is 1. The van der Waals surface area contributed by atoms with E-state index in [-0.39, 0.29) is 19.2 Å². The third-order valence-electron chi connectivity index (χ3n) is 4.16. The van der Waals surface area contributed by atoms with Crippen molar-refractivity contribution in [1.82, 2.24) is 25.2 Å². The highest BCUT2D eigenvalue weighted by Crippen LogP contribution is 2.35. The Morgan fingerprint density at radius 1 is 1.26 bits per heavy atom. The summed E-state index contributed by atoms with van der Waals surface area (Å²) in [6.07, 6.45) is 1.81. The summed E-state index contributed by atoms with van der Waals surface area (Å²) in [5.74, 6) is 1.82. The van der Waals surface area contributed by atoms with Crippen molar-refractivity contribution in [1.29, 1.82) is 0 Å². The van der Waals surface area contributed by atoms with Crippen LogP contribution in [0.1, 0.15) is 35.4 Å². The molecule has 4 rings (SSSR count). The standard InChI is InChI=1S/C18H19N5O4/c1-3-4-12-8-13(23(2)21-12)17(24)19-9-16-20-18(27-22-16)11-5-6-14-15(7-11)26-10-25-14/h5-8H,3-4,9-10H2,1-2H3,(H,19,24). The molecule has 9 heteroatoms. The topological polar surface area (TPSA) is 104 Å². The van der Waals surface area contributed by atoms with Crippen LogP contribution in [0.5, 0.6) is 11.5 Å². The number of amides is 1. The zero-order chi connectivity index (χ0) is 18.8. The average Bonchev–Trinajstić information content (AvgIpc) is 3.39. The molecule has 0 unspecified atom stereocenters. The molecular weight excluding hydrogens is 350 g/mol. The number of ether oxygens (including phenoxy) is 2. The summed E-state index contributed by atoms with van der Waals surface area (Å²) in [4.78, 5) is 16.7. The molecule has 3 aromatic rings. The van der Waals surface area contributed by atoms with E-state index in [2.05, 4.69) is 27.5 Å². The Kier molecular flexibility index (Phi) is 4.49. The average molecular weight is 369 g/mol. The smallest absolute Gasteiger partial charge is 0.269 e. The molecule has 1 aliphatic heterocycles. The van der Waals surface area contributed by atoms with Gasteiger partial charge in [0.05, 0.1) is 12.2 Å². The van der Waals surface area contributed by atoms with Crippen LogP contribution in [0.2, 0.25) is 0 Å². The number of carbonyl (C=O) groups is 1. The summed E-state index contributed by atoms with van der Waals surface area (Å²) in [5, 5.41) is 11.0. The third-order valence-corrected chi connectivity index (χ3v) is 4.16. The van der Waals surface area contributed by atoms with Crippen molar-refractivity contribution in [3.8, 4) is 23.0 Å². The molecule has 0 aliphatic carbocycles. The minimum atomic E-state index is -0.234. The van der Waals surface area contributed by atoms with Gasteiger partial charge in [0.2, 0.25) is 6.79 Å². The Bertz CT molecular complexity index is 978. The van der Waals surface area contributed by atoms with Crippen molar-refractivity contribution in [2.24, 2.45) is 7.05 Å². The molecule has 3 heterocycles. The minimum absolute atomic E-state index is 0.154. The molecule has 0 spiro atoms. The van der Waals surface area contributed by atoms with Crippen LogP contribution in [0.4, 0.5) is 0 Å². The summed E-state index contributed by atoms with van der Waals surface area (Å²) in [6, 6.07) is 7.18. The number of hydrogen-bond acceptors (Lipinski definition) is 7. The predicted octanol–water partition coefficient (Wildman–Crippen LogP) is 2.08. The number of benzene rings is 1. The lowest BCUT2D eigenvalue weighted by Gasteiger charge is -2.02. The second-order valence-corrected chi connectivity index (χ2v) is 6.16. The first-order chi connectivity index (χ1) is 13.1. The van der Waals surface area contributed by atoms with Gasteiger partial charge in [-0.15, -0.1) is 0 Å². The van der Waals surface area contributed by atoms with E-state index in [1.807, 2.05) is 6.07 Å². The third kappa shape index (κ3) is 3.48. The van der Waals surface area contributed by atoms with Gasteiger partial charge in [0.25, 0.3) is 11.8 Å². The molecule has 2 aromatic heterocycles. The number of fused-ring (bicyclic) bond motifs is 1. The highest BCUT2D eigenvalue weighted by Gasteiger charge is 2.18. The molecule has 9 nitrogen and oxygen atoms in total. The number of aromatic nitrogens is 4. The van der Waals surface area contributed by atoms with E-state index in [1.165, 1.54) is 0 Å². The second kappa shape index (κ2) is 7.10. The summed E-state index contributed by atoms with van der Waals surface area (Å²) in [7, 11) is 1.75. The number of hydrogen-bond donors (Lipinski definition) is 1. The molecule has 0 radical (unpaired) electrons. The van der Waals surface area contributed by atoms with Gasteiger partial charge in [-0.2, -0.15) is 10.1 Å². The van der Waals surface area contributed by atoms with Crippen molar-refractivity contribution in [2.45, 2.75) is 26.3 Å². The van der Waals surface area contributed by atoms with Gasteiger partial charge in [0.15, 0.2) is 17.3 Å². The van der Waals surface area contributed by atoms with Gasteiger partial charge in [-0.05, 0) is 30.7 Å². The lowest BCUT2D eigenvalue weighted by atomic mass is 10.2. The van der Waals surface area contributed by atoms with Crippen LogP contribution in [0, 0.1) is 0 Å². The number of aryl methyl sites for hydroxylation is 2. The maximum atomic E-state index is 12.4. The minimum Gasteiger partial charge on any atom is -0.454 e. The Balaban J connectivity index is 1.42. The van der Waals surface area contributed by atoms with Crippen molar-refractivity contribution in [3.63, 3.8) is 0 Å².